The Hall–Kier alpha value is -1.15. The molecule has 0 aliphatic heterocycles. The molecule has 2 rings (SSSR count). The highest BCUT2D eigenvalue weighted by atomic mass is 35.5. The highest BCUT2D eigenvalue weighted by molar-refractivity contribution is 7.98. The molecule has 28 heavy (non-hydrogen) atoms. The van der Waals surface area contributed by atoms with Gasteiger partial charge >= 0.3 is 0 Å². The molecule has 2 aromatic rings. The van der Waals surface area contributed by atoms with E-state index >= 15 is 0 Å². The molecule has 0 bridgehead atoms. The van der Waals surface area contributed by atoms with Crippen molar-refractivity contribution in [3.63, 3.8) is 0 Å². The second-order valence-corrected chi connectivity index (χ2v) is 8.54. The summed E-state index contributed by atoms with van der Waals surface area (Å²) in [6.45, 7) is 5.56. The quantitative estimate of drug-likeness (QED) is 0.312. The van der Waals surface area contributed by atoms with Crippen LogP contribution in [0.15, 0.2) is 17.3 Å². The number of aryl methyl sites for hydroxylation is 1. The molecule has 0 spiro atoms. The number of benzene rings is 1. The van der Waals surface area contributed by atoms with E-state index in [1.807, 2.05) is 6.26 Å². The zero-order valence-corrected chi connectivity index (χ0v) is 19.1. The molecule has 0 aliphatic carbocycles. The molecule has 0 unspecified atom stereocenters. The van der Waals surface area contributed by atoms with Crippen LogP contribution in [0.1, 0.15) is 26.1 Å². The summed E-state index contributed by atoms with van der Waals surface area (Å²) in [6.07, 6.45) is 3.48. The van der Waals surface area contributed by atoms with E-state index in [-0.39, 0.29) is 12.5 Å². The van der Waals surface area contributed by atoms with Crippen molar-refractivity contribution in [3.8, 4) is 5.75 Å². The molecule has 154 valence electrons. The number of rotatable bonds is 10. The highest BCUT2D eigenvalue weighted by Gasteiger charge is 2.13. The summed E-state index contributed by atoms with van der Waals surface area (Å²) in [5.74, 6) is 1.52. The van der Waals surface area contributed by atoms with Gasteiger partial charge < -0.3 is 14.6 Å². The molecule has 0 saturated carbocycles. The number of thioether (sulfide) groups is 1. The van der Waals surface area contributed by atoms with Crippen LogP contribution in [0, 0.1) is 5.92 Å². The maximum Gasteiger partial charge on any atom is 0.257 e. The average Bonchev–Trinajstić information content (AvgIpc) is 3.01. The third-order valence-corrected chi connectivity index (χ3v) is 5.44. The first-order chi connectivity index (χ1) is 13.3. The number of hydrogen-bond donors (Lipinski definition) is 1. The molecule has 1 amide bonds. The smallest absolute Gasteiger partial charge is 0.257 e. The summed E-state index contributed by atoms with van der Waals surface area (Å²) in [5.41, 5.74) is 0. The van der Waals surface area contributed by atoms with Crippen LogP contribution < -0.4 is 10.1 Å². The normalized spacial score (nSPS) is 11.1. The molecule has 0 fully saturated rings. The maximum atomic E-state index is 12.0. The molecular weight excluding hydrogens is 443 g/mol. The molecule has 0 saturated heterocycles. The standard InChI is InChI=1S/C18H23Cl3N4O2S/c1-11(2)9-25-16(23-24-18(25)28-3)5-4-6-22-17(26)10-27-15-8-13(20)12(19)7-14(15)21/h7-8,11H,4-6,9-10H2,1-3H3,(H,22,26). The van der Waals surface area contributed by atoms with Crippen molar-refractivity contribution < 1.29 is 9.53 Å². The minimum atomic E-state index is -0.240. The van der Waals surface area contributed by atoms with Gasteiger partial charge in [-0.3, -0.25) is 4.79 Å². The number of ether oxygens (including phenoxy) is 1. The molecule has 0 atom stereocenters. The lowest BCUT2D eigenvalue weighted by atomic mass is 10.2. The Kier molecular flexibility index (Phi) is 9.21. The van der Waals surface area contributed by atoms with Gasteiger partial charge in [0, 0.05) is 25.6 Å². The second-order valence-electron chi connectivity index (χ2n) is 6.55. The lowest BCUT2D eigenvalue weighted by Gasteiger charge is -2.12. The summed E-state index contributed by atoms with van der Waals surface area (Å²) >= 11 is 19.4. The van der Waals surface area contributed by atoms with Crippen LogP contribution in [0.25, 0.3) is 0 Å². The molecular formula is C18H23Cl3N4O2S. The third kappa shape index (κ3) is 6.72. The zero-order chi connectivity index (χ0) is 20.7. The Morgan fingerprint density at radius 2 is 1.93 bits per heavy atom. The van der Waals surface area contributed by atoms with Crippen LogP contribution in [0.2, 0.25) is 15.1 Å². The van der Waals surface area contributed by atoms with Crippen LogP contribution in [0.5, 0.6) is 5.75 Å². The molecule has 6 nitrogen and oxygen atoms in total. The van der Waals surface area contributed by atoms with E-state index < -0.39 is 0 Å². The van der Waals surface area contributed by atoms with Gasteiger partial charge in [-0.25, -0.2) is 0 Å². The molecule has 1 aromatic carbocycles. The number of halogens is 3. The molecule has 0 radical (unpaired) electrons. The first-order valence-corrected chi connectivity index (χ1v) is 11.2. The predicted octanol–water partition coefficient (Wildman–Crippen LogP) is 4.74. The van der Waals surface area contributed by atoms with Crippen molar-refractivity contribution in [3.05, 3.63) is 33.0 Å². The number of carbonyl (C=O) groups is 1. The summed E-state index contributed by atoms with van der Waals surface area (Å²) in [4.78, 5) is 12.0. The average molecular weight is 466 g/mol. The van der Waals surface area contributed by atoms with Crippen molar-refractivity contribution in [1.29, 1.82) is 0 Å². The first kappa shape index (κ1) is 23.1. The van der Waals surface area contributed by atoms with E-state index in [4.69, 9.17) is 39.5 Å². The monoisotopic (exact) mass is 464 g/mol. The molecule has 1 heterocycles. The summed E-state index contributed by atoms with van der Waals surface area (Å²) in [6, 6.07) is 2.97. The van der Waals surface area contributed by atoms with E-state index in [2.05, 4.69) is 33.9 Å². The van der Waals surface area contributed by atoms with Gasteiger partial charge in [-0.1, -0.05) is 60.4 Å². The van der Waals surface area contributed by atoms with Gasteiger partial charge in [-0.2, -0.15) is 0 Å². The maximum absolute atomic E-state index is 12.0. The van der Waals surface area contributed by atoms with E-state index in [1.54, 1.807) is 11.8 Å². The van der Waals surface area contributed by atoms with Gasteiger partial charge in [-0.05, 0) is 24.7 Å². The second kappa shape index (κ2) is 11.1. The Bertz CT molecular complexity index is 814. The highest BCUT2D eigenvalue weighted by Crippen LogP contribution is 2.33. The van der Waals surface area contributed by atoms with Crippen molar-refractivity contribution in [2.75, 3.05) is 19.4 Å². The third-order valence-electron chi connectivity index (χ3n) is 3.76. The summed E-state index contributed by atoms with van der Waals surface area (Å²) in [7, 11) is 0. The zero-order valence-electron chi connectivity index (χ0n) is 16.0. The fourth-order valence-electron chi connectivity index (χ4n) is 2.49. The van der Waals surface area contributed by atoms with Gasteiger partial charge in [0.05, 0.1) is 15.1 Å². The molecule has 10 heteroatoms. The molecule has 0 aliphatic rings. The van der Waals surface area contributed by atoms with Crippen molar-refractivity contribution >= 4 is 52.5 Å². The van der Waals surface area contributed by atoms with Gasteiger partial charge in [0.1, 0.15) is 11.6 Å². The number of amides is 1. The van der Waals surface area contributed by atoms with Crippen LogP contribution in [0.3, 0.4) is 0 Å². The Morgan fingerprint density at radius 1 is 1.21 bits per heavy atom. The van der Waals surface area contributed by atoms with E-state index in [1.165, 1.54) is 12.1 Å². The number of carbonyl (C=O) groups excluding carboxylic acids is 1. The topological polar surface area (TPSA) is 69.0 Å². The Balaban J connectivity index is 1.77. The van der Waals surface area contributed by atoms with Gasteiger partial charge in [0.25, 0.3) is 5.91 Å². The number of nitrogens with zero attached hydrogens (tertiary/aromatic N) is 3. The van der Waals surface area contributed by atoms with Crippen LogP contribution >= 0.6 is 46.6 Å². The van der Waals surface area contributed by atoms with Crippen molar-refractivity contribution in [1.82, 2.24) is 20.1 Å². The van der Waals surface area contributed by atoms with E-state index in [0.29, 0.717) is 33.3 Å². The lowest BCUT2D eigenvalue weighted by Crippen LogP contribution is -2.30. The largest absolute Gasteiger partial charge is 0.482 e. The Labute approximate surface area is 184 Å². The molecule has 1 N–H and O–H groups in total. The number of aromatic nitrogens is 3. The fourth-order valence-corrected chi connectivity index (χ4v) is 3.60. The van der Waals surface area contributed by atoms with Gasteiger partial charge in [0.2, 0.25) is 0 Å². The minimum Gasteiger partial charge on any atom is -0.482 e. The van der Waals surface area contributed by atoms with Crippen LogP contribution in [-0.4, -0.2) is 40.1 Å². The van der Waals surface area contributed by atoms with Gasteiger partial charge in [-0.15, -0.1) is 10.2 Å². The first-order valence-electron chi connectivity index (χ1n) is 8.82. The lowest BCUT2D eigenvalue weighted by molar-refractivity contribution is -0.123. The Morgan fingerprint density at radius 3 is 2.61 bits per heavy atom. The summed E-state index contributed by atoms with van der Waals surface area (Å²) in [5, 5.41) is 13.2. The van der Waals surface area contributed by atoms with Crippen LogP contribution in [0.4, 0.5) is 0 Å². The predicted molar refractivity (Wildman–Crippen MR) is 115 cm³/mol. The number of nitrogens with one attached hydrogen (secondary N) is 1. The van der Waals surface area contributed by atoms with Gasteiger partial charge in [0.15, 0.2) is 11.8 Å². The van der Waals surface area contributed by atoms with Crippen LogP contribution in [-0.2, 0) is 17.8 Å². The summed E-state index contributed by atoms with van der Waals surface area (Å²) < 4.78 is 7.56. The van der Waals surface area contributed by atoms with E-state index in [0.717, 1.165) is 30.4 Å². The van der Waals surface area contributed by atoms with E-state index in [9.17, 15) is 4.79 Å². The fraction of sp³-hybridized carbons (Fsp3) is 0.500. The van der Waals surface area contributed by atoms with Crippen molar-refractivity contribution in [2.45, 2.75) is 38.4 Å². The molecule has 1 aromatic heterocycles. The number of hydrogen-bond acceptors (Lipinski definition) is 5. The minimum absolute atomic E-state index is 0.155. The SMILES string of the molecule is CSc1nnc(CCCNC(=O)COc2cc(Cl)c(Cl)cc2Cl)n1CC(C)C. The van der Waals surface area contributed by atoms with Crippen molar-refractivity contribution in [2.24, 2.45) is 5.92 Å².